The predicted molar refractivity (Wildman–Crippen MR) is 80.8 cm³/mol. The van der Waals surface area contributed by atoms with Crippen molar-refractivity contribution in [2.24, 2.45) is 5.41 Å². The van der Waals surface area contributed by atoms with Crippen LogP contribution in [0.3, 0.4) is 0 Å². The summed E-state index contributed by atoms with van der Waals surface area (Å²) >= 11 is 0. The van der Waals surface area contributed by atoms with E-state index in [1.165, 1.54) is 0 Å². The van der Waals surface area contributed by atoms with Crippen LogP contribution in [0.2, 0.25) is 0 Å². The van der Waals surface area contributed by atoms with E-state index >= 15 is 0 Å². The van der Waals surface area contributed by atoms with Gasteiger partial charge in [-0.1, -0.05) is 41.0 Å². The minimum Gasteiger partial charge on any atom is -0.481 e. The molecule has 2 unspecified atom stereocenters. The highest BCUT2D eigenvalue weighted by molar-refractivity contribution is 5.76. The van der Waals surface area contributed by atoms with Gasteiger partial charge in [0.25, 0.3) is 0 Å². The Hall–Kier alpha value is -1.26. The molecule has 0 saturated heterocycles. The summed E-state index contributed by atoms with van der Waals surface area (Å²) in [6, 6.07) is -0.451. The van der Waals surface area contributed by atoms with E-state index in [2.05, 4.69) is 17.6 Å². The number of urea groups is 1. The van der Waals surface area contributed by atoms with Crippen LogP contribution in [0.1, 0.15) is 66.7 Å². The van der Waals surface area contributed by atoms with E-state index in [0.717, 1.165) is 19.3 Å². The van der Waals surface area contributed by atoms with E-state index < -0.39 is 5.97 Å². The van der Waals surface area contributed by atoms with Gasteiger partial charge in [-0.05, 0) is 24.7 Å². The number of carboxylic acids is 1. The van der Waals surface area contributed by atoms with Crippen molar-refractivity contribution in [1.29, 1.82) is 0 Å². The number of hydrogen-bond acceptors (Lipinski definition) is 2. The molecule has 118 valence electrons. The van der Waals surface area contributed by atoms with Gasteiger partial charge in [-0.15, -0.1) is 0 Å². The van der Waals surface area contributed by atoms with Crippen LogP contribution in [0, 0.1) is 5.41 Å². The maximum absolute atomic E-state index is 11.9. The number of carbonyl (C=O) groups excluding carboxylic acids is 1. The molecule has 5 nitrogen and oxygen atoms in total. The quantitative estimate of drug-likeness (QED) is 0.641. The van der Waals surface area contributed by atoms with E-state index in [1.54, 1.807) is 0 Å². The Balaban J connectivity index is 4.47. The van der Waals surface area contributed by atoms with Crippen LogP contribution in [0.5, 0.6) is 0 Å². The van der Waals surface area contributed by atoms with Gasteiger partial charge < -0.3 is 15.7 Å². The average molecular weight is 286 g/mol. The van der Waals surface area contributed by atoms with Crippen LogP contribution in [-0.2, 0) is 4.79 Å². The normalized spacial score (nSPS) is 14.4. The Morgan fingerprint density at radius 2 is 1.65 bits per heavy atom. The first-order chi connectivity index (χ1) is 9.17. The van der Waals surface area contributed by atoms with E-state index in [-0.39, 0.29) is 30.0 Å². The second-order valence-electron chi connectivity index (χ2n) is 6.57. The van der Waals surface area contributed by atoms with Crippen molar-refractivity contribution >= 4 is 12.0 Å². The molecule has 20 heavy (non-hydrogen) atoms. The fourth-order valence-electron chi connectivity index (χ4n) is 2.26. The van der Waals surface area contributed by atoms with E-state index in [9.17, 15) is 9.59 Å². The van der Waals surface area contributed by atoms with Crippen LogP contribution < -0.4 is 10.6 Å². The maximum atomic E-state index is 11.9. The third kappa shape index (κ3) is 9.64. The summed E-state index contributed by atoms with van der Waals surface area (Å²) in [5, 5.41) is 14.6. The second-order valence-corrected chi connectivity index (χ2v) is 6.57. The average Bonchev–Trinajstić information content (AvgIpc) is 2.24. The van der Waals surface area contributed by atoms with E-state index in [4.69, 9.17) is 5.11 Å². The molecular weight excluding hydrogens is 256 g/mol. The Kier molecular flexibility index (Phi) is 8.26. The highest BCUT2D eigenvalue weighted by Gasteiger charge is 2.23. The third-order valence-electron chi connectivity index (χ3n) is 3.08. The molecule has 0 aliphatic carbocycles. The van der Waals surface area contributed by atoms with E-state index in [0.29, 0.717) is 6.42 Å². The Labute approximate surface area is 122 Å². The molecule has 5 heteroatoms. The standard InChI is InChI=1S/C15H30N2O3/c1-6-8-11(7-2)16-14(20)17-12(9-13(18)19)10-15(3,4)5/h11-12H,6-10H2,1-5H3,(H,18,19)(H2,16,17,20). The van der Waals surface area contributed by atoms with Gasteiger partial charge in [-0.2, -0.15) is 0 Å². The summed E-state index contributed by atoms with van der Waals surface area (Å²) in [6.45, 7) is 10.2. The number of carbonyl (C=O) groups is 2. The lowest BCUT2D eigenvalue weighted by Gasteiger charge is -2.27. The summed E-state index contributed by atoms with van der Waals surface area (Å²) in [5.41, 5.74) is -0.0268. The van der Waals surface area contributed by atoms with Crippen molar-refractivity contribution in [2.45, 2.75) is 78.8 Å². The summed E-state index contributed by atoms with van der Waals surface area (Å²) < 4.78 is 0. The zero-order valence-corrected chi connectivity index (χ0v) is 13.5. The van der Waals surface area contributed by atoms with Crippen molar-refractivity contribution < 1.29 is 14.7 Å². The minimum absolute atomic E-state index is 0.0268. The minimum atomic E-state index is -0.889. The zero-order chi connectivity index (χ0) is 15.8. The highest BCUT2D eigenvalue weighted by atomic mass is 16.4. The molecule has 0 radical (unpaired) electrons. The number of nitrogens with one attached hydrogen (secondary N) is 2. The first-order valence-corrected chi connectivity index (χ1v) is 7.46. The number of amides is 2. The van der Waals surface area contributed by atoms with Gasteiger partial charge in [0.1, 0.15) is 0 Å². The van der Waals surface area contributed by atoms with Gasteiger partial charge in [0.2, 0.25) is 0 Å². The molecule has 0 rings (SSSR count). The molecule has 0 bridgehead atoms. The summed E-state index contributed by atoms with van der Waals surface area (Å²) in [4.78, 5) is 22.8. The topological polar surface area (TPSA) is 78.4 Å². The van der Waals surface area contributed by atoms with Gasteiger partial charge in [-0.25, -0.2) is 4.79 Å². The van der Waals surface area contributed by atoms with E-state index in [1.807, 2.05) is 27.7 Å². The van der Waals surface area contributed by atoms with Crippen LogP contribution in [0.15, 0.2) is 0 Å². The summed E-state index contributed by atoms with van der Waals surface area (Å²) in [7, 11) is 0. The van der Waals surface area contributed by atoms with Gasteiger partial charge in [0.15, 0.2) is 0 Å². The molecule has 2 amide bonds. The van der Waals surface area contributed by atoms with Crippen LogP contribution >= 0.6 is 0 Å². The Bertz CT molecular complexity index is 311. The van der Waals surface area contributed by atoms with Crippen molar-refractivity contribution in [1.82, 2.24) is 10.6 Å². The van der Waals surface area contributed by atoms with Crippen molar-refractivity contribution in [3.05, 3.63) is 0 Å². The molecule has 3 N–H and O–H groups in total. The lowest BCUT2D eigenvalue weighted by atomic mass is 9.87. The third-order valence-corrected chi connectivity index (χ3v) is 3.08. The lowest BCUT2D eigenvalue weighted by molar-refractivity contribution is -0.137. The molecule has 0 fully saturated rings. The van der Waals surface area contributed by atoms with Crippen molar-refractivity contribution in [3.63, 3.8) is 0 Å². The molecule has 0 heterocycles. The van der Waals surface area contributed by atoms with Gasteiger partial charge >= 0.3 is 12.0 Å². The number of aliphatic carboxylic acids is 1. The molecule has 0 aliphatic heterocycles. The summed E-state index contributed by atoms with van der Waals surface area (Å²) in [6.07, 6.45) is 3.42. The smallest absolute Gasteiger partial charge is 0.315 e. The fourth-order valence-corrected chi connectivity index (χ4v) is 2.26. The van der Waals surface area contributed by atoms with Crippen LogP contribution in [0.25, 0.3) is 0 Å². The molecule has 0 spiro atoms. The van der Waals surface area contributed by atoms with Gasteiger partial charge in [0, 0.05) is 12.1 Å². The Morgan fingerprint density at radius 1 is 1.10 bits per heavy atom. The first kappa shape index (κ1) is 18.7. The molecular formula is C15H30N2O3. The predicted octanol–water partition coefficient (Wildman–Crippen LogP) is 3.14. The van der Waals surface area contributed by atoms with Crippen molar-refractivity contribution in [3.8, 4) is 0 Å². The van der Waals surface area contributed by atoms with Crippen molar-refractivity contribution in [2.75, 3.05) is 0 Å². The number of hydrogen-bond donors (Lipinski definition) is 3. The fraction of sp³-hybridized carbons (Fsp3) is 0.867. The lowest BCUT2D eigenvalue weighted by Crippen LogP contribution is -2.47. The zero-order valence-electron chi connectivity index (χ0n) is 13.5. The SMILES string of the molecule is CCCC(CC)NC(=O)NC(CC(=O)O)CC(C)(C)C. The first-order valence-electron chi connectivity index (χ1n) is 7.46. The molecule has 0 aliphatic rings. The number of rotatable bonds is 8. The Morgan fingerprint density at radius 3 is 2.05 bits per heavy atom. The maximum Gasteiger partial charge on any atom is 0.315 e. The molecule has 0 aromatic rings. The van der Waals surface area contributed by atoms with Gasteiger partial charge in [-0.3, -0.25) is 4.79 Å². The summed E-state index contributed by atoms with van der Waals surface area (Å²) in [5.74, 6) is -0.889. The van der Waals surface area contributed by atoms with Crippen LogP contribution in [0.4, 0.5) is 4.79 Å². The molecule has 0 aromatic heterocycles. The molecule has 0 saturated carbocycles. The number of carboxylic acid groups (broad SMARTS) is 1. The molecule has 2 atom stereocenters. The molecule has 0 aromatic carbocycles. The monoisotopic (exact) mass is 286 g/mol. The largest absolute Gasteiger partial charge is 0.481 e. The van der Waals surface area contributed by atoms with Crippen LogP contribution in [-0.4, -0.2) is 29.2 Å². The second kappa shape index (κ2) is 8.82. The van der Waals surface area contributed by atoms with Gasteiger partial charge in [0.05, 0.1) is 6.42 Å². The highest BCUT2D eigenvalue weighted by Crippen LogP contribution is 2.22.